The first-order valence-corrected chi connectivity index (χ1v) is 7.75. The van der Waals surface area contributed by atoms with Crippen molar-refractivity contribution in [2.45, 2.75) is 45.6 Å². The van der Waals surface area contributed by atoms with Crippen LogP contribution in [0.15, 0.2) is 36.4 Å². The van der Waals surface area contributed by atoms with Gasteiger partial charge in [-0.3, -0.25) is 4.79 Å². The maximum Gasteiger partial charge on any atom is 0.331 e. The van der Waals surface area contributed by atoms with Gasteiger partial charge in [-0.15, -0.1) is 0 Å². The number of ether oxygens (including phenoxy) is 1. The Bertz CT molecular complexity index is 493. The van der Waals surface area contributed by atoms with Gasteiger partial charge in [-0.25, -0.2) is 4.79 Å². The Kier molecular flexibility index (Phi) is 7.97. The Balaban J connectivity index is 2.65. The minimum atomic E-state index is -0.903. The second-order valence-corrected chi connectivity index (χ2v) is 5.21. The molecule has 0 heterocycles. The number of esters is 1. The fourth-order valence-corrected chi connectivity index (χ4v) is 2.26. The van der Waals surface area contributed by atoms with Crippen LogP contribution in [0.5, 0.6) is 0 Å². The van der Waals surface area contributed by atoms with Crippen molar-refractivity contribution >= 4 is 18.0 Å². The number of unbranched alkanes of at least 4 members (excludes halogenated alkanes) is 1. The molecule has 120 valence electrons. The minimum absolute atomic E-state index is 0.492. The Morgan fingerprint density at radius 1 is 1.23 bits per heavy atom. The summed E-state index contributed by atoms with van der Waals surface area (Å²) in [4.78, 5) is 23.2. The van der Waals surface area contributed by atoms with E-state index < -0.39 is 24.0 Å². The first-order valence-electron chi connectivity index (χ1n) is 7.75. The normalized spacial score (nSPS) is 13.7. The third-order valence-corrected chi connectivity index (χ3v) is 3.52. The van der Waals surface area contributed by atoms with E-state index in [1.165, 1.54) is 6.08 Å². The lowest BCUT2D eigenvalue weighted by Crippen LogP contribution is -2.31. The molecule has 0 fully saturated rings. The molecule has 2 unspecified atom stereocenters. The zero-order valence-electron chi connectivity index (χ0n) is 13.2. The summed E-state index contributed by atoms with van der Waals surface area (Å²) in [7, 11) is 0. The topological polar surface area (TPSA) is 63.6 Å². The van der Waals surface area contributed by atoms with E-state index in [1.807, 2.05) is 44.2 Å². The van der Waals surface area contributed by atoms with Crippen LogP contribution in [0.4, 0.5) is 0 Å². The number of carboxylic acids is 1. The SMILES string of the molecule is CCCCC(C(=O)O)C(CC)OC(=O)/C=C/c1ccccc1. The van der Waals surface area contributed by atoms with Gasteiger partial charge in [-0.1, -0.05) is 57.0 Å². The van der Waals surface area contributed by atoms with E-state index in [9.17, 15) is 14.7 Å². The third-order valence-electron chi connectivity index (χ3n) is 3.52. The molecule has 0 saturated heterocycles. The smallest absolute Gasteiger partial charge is 0.331 e. The van der Waals surface area contributed by atoms with Crippen molar-refractivity contribution < 1.29 is 19.4 Å². The largest absolute Gasteiger partial charge is 0.481 e. The molecule has 4 nitrogen and oxygen atoms in total. The van der Waals surface area contributed by atoms with E-state index in [-0.39, 0.29) is 0 Å². The number of rotatable bonds is 9. The van der Waals surface area contributed by atoms with Crippen molar-refractivity contribution in [3.63, 3.8) is 0 Å². The molecule has 0 aromatic heterocycles. The molecule has 0 bridgehead atoms. The van der Waals surface area contributed by atoms with Gasteiger partial charge >= 0.3 is 11.9 Å². The lowest BCUT2D eigenvalue weighted by Gasteiger charge is -2.22. The predicted molar refractivity (Wildman–Crippen MR) is 86.3 cm³/mol. The summed E-state index contributed by atoms with van der Waals surface area (Å²) < 4.78 is 5.34. The first-order chi connectivity index (χ1) is 10.6. The van der Waals surface area contributed by atoms with Crippen LogP contribution in [0.3, 0.4) is 0 Å². The molecule has 0 aliphatic carbocycles. The molecule has 1 rings (SSSR count). The van der Waals surface area contributed by atoms with E-state index in [2.05, 4.69) is 0 Å². The standard InChI is InChI=1S/C18H24O4/c1-3-5-11-15(18(20)21)16(4-2)22-17(19)13-12-14-9-7-6-8-10-14/h6-10,12-13,15-16H,3-5,11H2,1-2H3,(H,20,21)/b13-12+. The van der Waals surface area contributed by atoms with Crippen molar-refractivity contribution in [3.05, 3.63) is 42.0 Å². The van der Waals surface area contributed by atoms with Crippen LogP contribution in [0.2, 0.25) is 0 Å². The van der Waals surface area contributed by atoms with Gasteiger partial charge in [0.25, 0.3) is 0 Å². The van der Waals surface area contributed by atoms with E-state index in [1.54, 1.807) is 6.08 Å². The number of hydrogen-bond donors (Lipinski definition) is 1. The van der Waals surface area contributed by atoms with Gasteiger partial charge in [0.1, 0.15) is 6.10 Å². The Hall–Kier alpha value is -2.10. The highest BCUT2D eigenvalue weighted by Crippen LogP contribution is 2.19. The van der Waals surface area contributed by atoms with Gasteiger partial charge in [-0.05, 0) is 24.5 Å². The molecule has 0 aliphatic heterocycles. The summed E-state index contributed by atoms with van der Waals surface area (Å²) in [5, 5.41) is 9.31. The maximum absolute atomic E-state index is 11.9. The number of hydrogen-bond acceptors (Lipinski definition) is 3. The molecule has 2 atom stereocenters. The molecule has 1 aromatic carbocycles. The van der Waals surface area contributed by atoms with Crippen LogP contribution in [0.1, 0.15) is 45.1 Å². The first kappa shape index (κ1) is 18.0. The number of carbonyl (C=O) groups is 2. The van der Waals surface area contributed by atoms with Crippen molar-refractivity contribution in [2.75, 3.05) is 0 Å². The molecule has 0 saturated carbocycles. The molecule has 1 N–H and O–H groups in total. The molecule has 0 aliphatic rings. The maximum atomic E-state index is 11.9. The van der Waals surface area contributed by atoms with Gasteiger partial charge in [0, 0.05) is 6.08 Å². The lowest BCUT2D eigenvalue weighted by molar-refractivity contribution is -0.155. The van der Waals surface area contributed by atoms with E-state index in [0.717, 1.165) is 18.4 Å². The monoisotopic (exact) mass is 304 g/mol. The predicted octanol–water partition coefficient (Wildman–Crippen LogP) is 3.91. The average Bonchev–Trinajstić information content (AvgIpc) is 2.52. The molecular formula is C18H24O4. The van der Waals surface area contributed by atoms with E-state index in [0.29, 0.717) is 12.8 Å². The van der Waals surface area contributed by atoms with Crippen molar-refractivity contribution in [3.8, 4) is 0 Å². The van der Waals surface area contributed by atoms with Crippen LogP contribution in [-0.4, -0.2) is 23.1 Å². The highest BCUT2D eigenvalue weighted by atomic mass is 16.5. The van der Waals surface area contributed by atoms with E-state index >= 15 is 0 Å². The molecule has 4 heteroatoms. The molecule has 0 spiro atoms. The van der Waals surface area contributed by atoms with Gasteiger partial charge < -0.3 is 9.84 Å². The van der Waals surface area contributed by atoms with Gasteiger partial charge in [0.15, 0.2) is 0 Å². The summed E-state index contributed by atoms with van der Waals surface area (Å²) in [6.07, 6.45) is 5.17. The molecular weight excluding hydrogens is 280 g/mol. The second kappa shape index (κ2) is 9.77. The lowest BCUT2D eigenvalue weighted by atomic mass is 9.94. The van der Waals surface area contributed by atoms with Crippen LogP contribution in [0.25, 0.3) is 6.08 Å². The average molecular weight is 304 g/mol. The van der Waals surface area contributed by atoms with Gasteiger partial charge in [0.2, 0.25) is 0 Å². The highest BCUT2D eigenvalue weighted by Gasteiger charge is 2.28. The molecule has 0 radical (unpaired) electrons. The third kappa shape index (κ3) is 6.12. The van der Waals surface area contributed by atoms with Crippen molar-refractivity contribution in [1.29, 1.82) is 0 Å². The molecule has 0 amide bonds. The van der Waals surface area contributed by atoms with E-state index in [4.69, 9.17) is 4.74 Å². The molecule has 1 aromatic rings. The Morgan fingerprint density at radius 2 is 1.91 bits per heavy atom. The fraction of sp³-hybridized carbons (Fsp3) is 0.444. The summed E-state index contributed by atoms with van der Waals surface area (Å²) in [6.45, 7) is 3.84. The number of aliphatic carboxylic acids is 1. The quantitative estimate of drug-likeness (QED) is 0.555. The van der Waals surface area contributed by atoms with Crippen molar-refractivity contribution in [1.82, 2.24) is 0 Å². The minimum Gasteiger partial charge on any atom is -0.481 e. The fourth-order valence-electron chi connectivity index (χ4n) is 2.26. The summed E-state index contributed by atoms with van der Waals surface area (Å²) >= 11 is 0. The van der Waals surface area contributed by atoms with Gasteiger partial charge in [-0.2, -0.15) is 0 Å². The Labute approximate surface area is 131 Å². The van der Waals surface area contributed by atoms with Crippen LogP contribution in [0, 0.1) is 5.92 Å². The van der Waals surface area contributed by atoms with Crippen molar-refractivity contribution in [2.24, 2.45) is 5.92 Å². The van der Waals surface area contributed by atoms with Gasteiger partial charge in [0.05, 0.1) is 5.92 Å². The Morgan fingerprint density at radius 3 is 2.45 bits per heavy atom. The summed E-state index contributed by atoms with van der Waals surface area (Å²) in [5.41, 5.74) is 0.897. The zero-order valence-corrected chi connectivity index (χ0v) is 13.2. The van der Waals surface area contributed by atoms with Crippen LogP contribution < -0.4 is 0 Å². The zero-order chi connectivity index (χ0) is 16.4. The number of benzene rings is 1. The summed E-state index contributed by atoms with van der Waals surface area (Å²) in [6, 6.07) is 9.41. The van der Waals surface area contributed by atoms with Crippen LogP contribution in [-0.2, 0) is 14.3 Å². The summed E-state index contributed by atoms with van der Waals surface area (Å²) in [5.74, 6) is -2.04. The number of carbonyl (C=O) groups excluding carboxylic acids is 1. The number of carboxylic acid groups (broad SMARTS) is 1. The van der Waals surface area contributed by atoms with Crippen LogP contribution >= 0.6 is 0 Å². The highest BCUT2D eigenvalue weighted by molar-refractivity contribution is 5.87. The second-order valence-electron chi connectivity index (χ2n) is 5.21. The molecule has 22 heavy (non-hydrogen) atoms.